The van der Waals surface area contributed by atoms with Gasteiger partial charge in [-0.3, -0.25) is 10.1 Å². The molecule has 0 unspecified atom stereocenters. The van der Waals surface area contributed by atoms with Gasteiger partial charge in [0.1, 0.15) is 5.82 Å². The minimum Gasteiger partial charge on any atom is -0.396 e. The SMILES string of the molecule is Nc1cc(NC(=O)Nc2ccc([N+](=O)[O-])cc2)ccc1F. The Hall–Kier alpha value is -3.16. The number of carbonyl (C=O) groups is 1. The van der Waals surface area contributed by atoms with Crippen molar-refractivity contribution in [3.05, 3.63) is 58.4 Å². The monoisotopic (exact) mass is 290 g/mol. The van der Waals surface area contributed by atoms with Gasteiger partial charge in [-0.1, -0.05) is 0 Å². The van der Waals surface area contributed by atoms with Gasteiger partial charge in [0.05, 0.1) is 10.6 Å². The standard InChI is InChI=1S/C13H11FN4O3/c14-11-6-3-9(7-12(11)15)17-13(19)16-8-1-4-10(5-2-8)18(20)21/h1-7H,15H2,(H2,16,17,19). The second kappa shape index (κ2) is 5.87. The first-order chi connectivity index (χ1) is 9.95. The van der Waals surface area contributed by atoms with Crippen LogP contribution in [-0.2, 0) is 0 Å². The van der Waals surface area contributed by atoms with Crippen molar-refractivity contribution in [3.63, 3.8) is 0 Å². The second-order valence-corrected chi connectivity index (χ2v) is 4.12. The largest absolute Gasteiger partial charge is 0.396 e. The van der Waals surface area contributed by atoms with Crippen molar-refractivity contribution in [2.24, 2.45) is 0 Å². The van der Waals surface area contributed by atoms with E-state index in [-0.39, 0.29) is 11.4 Å². The Bertz CT molecular complexity index is 688. The van der Waals surface area contributed by atoms with Gasteiger partial charge >= 0.3 is 6.03 Å². The Kier molecular flexibility index (Phi) is 3.98. The third-order valence-corrected chi connectivity index (χ3v) is 2.59. The molecule has 0 aliphatic carbocycles. The second-order valence-electron chi connectivity index (χ2n) is 4.12. The van der Waals surface area contributed by atoms with Crippen LogP contribution in [0.2, 0.25) is 0 Å². The fourth-order valence-corrected chi connectivity index (χ4v) is 1.58. The summed E-state index contributed by atoms with van der Waals surface area (Å²) in [5, 5.41) is 15.4. The number of urea groups is 1. The molecule has 8 heteroatoms. The highest BCUT2D eigenvalue weighted by molar-refractivity contribution is 6.00. The van der Waals surface area contributed by atoms with E-state index in [0.29, 0.717) is 11.4 Å². The summed E-state index contributed by atoms with van der Waals surface area (Å²) in [6.07, 6.45) is 0. The maximum atomic E-state index is 13.0. The van der Waals surface area contributed by atoms with Crippen LogP contribution in [0.5, 0.6) is 0 Å². The highest BCUT2D eigenvalue weighted by Crippen LogP contribution is 2.18. The number of anilines is 3. The number of nitrogens with two attached hydrogens (primary N) is 1. The first kappa shape index (κ1) is 14.3. The van der Waals surface area contributed by atoms with Crippen LogP contribution in [0.1, 0.15) is 0 Å². The van der Waals surface area contributed by atoms with Gasteiger partial charge in [0, 0.05) is 23.5 Å². The van der Waals surface area contributed by atoms with Crippen LogP contribution in [0, 0.1) is 15.9 Å². The minimum absolute atomic E-state index is 0.0766. The molecule has 0 aliphatic rings. The van der Waals surface area contributed by atoms with E-state index in [1.165, 1.54) is 36.4 Å². The summed E-state index contributed by atoms with van der Waals surface area (Å²) in [4.78, 5) is 21.7. The van der Waals surface area contributed by atoms with Crippen molar-refractivity contribution in [2.45, 2.75) is 0 Å². The molecule has 2 aromatic carbocycles. The molecule has 0 atom stereocenters. The molecule has 0 aromatic heterocycles. The number of hydrogen-bond donors (Lipinski definition) is 3. The molecule has 108 valence electrons. The molecule has 2 rings (SSSR count). The fourth-order valence-electron chi connectivity index (χ4n) is 1.58. The van der Waals surface area contributed by atoms with E-state index in [2.05, 4.69) is 10.6 Å². The molecule has 2 aromatic rings. The summed E-state index contributed by atoms with van der Waals surface area (Å²) in [6, 6.07) is 8.54. The number of nitro groups is 1. The van der Waals surface area contributed by atoms with Crippen LogP contribution in [0.3, 0.4) is 0 Å². The zero-order chi connectivity index (χ0) is 15.4. The first-order valence-electron chi connectivity index (χ1n) is 5.83. The van der Waals surface area contributed by atoms with E-state index in [4.69, 9.17) is 5.73 Å². The van der Waals surface area contributed by atoms with Gasteiger partial charge in [-0.25, -0.2) is 9.18 Å². The summed E-state index contributed by atoms with van der Waals surface area (Å²) in [7, 11) is 0. The van der Waals surface area contributed by atoms with Gasteiger partial charge < -0.3 is 16.4 Å². The van der Waals surface area contributed by atoms with E-state index in [9.17, 15) is 19.3 Å². The minimum atomic E-state index is -0.574. The van der Waals surface area contributed by atoms with Crippen LogP contribution >= 0.6 is 0 Å². The van der Waals surface area contributed by atoms with Crippen molar-refractivity contribution < 1.29 is 14.1 Å². The molecule has 0 aliphatic heterocycles. The molecule has 0 heterocycles. The average Bonchev–Trinajstić information content (AvgIpc) is 2.43. The maximum absolute atomic E-state index is 13.0. The molecule has 0 saturated heterocycles. The van der Waals surface area contributed by atoms with Gasteiger partial charge in [0.2, 0.25) is 0 Å². The number of carbonyl (C=O) groups excluding carboxylic acids is 1. The quantitative estimate of drug-likeness (QED) is 0.458. The summed E-state index contributed by atoms with van der Waals surface area (Å²) in [6.45, 7) is 0. The van der Waals surface area contributed by atoms with Crippen molar-refractivity contribution in [2.75, 3.05) is 16.4 Å². The molecule has 2 amide bonds. The van der Waals surface area contributed by atoms with Gasteiger partial charge in [0.15, 0.2) is 0 Å². The molecule has 21 heavy (non-hydrogen) atoms. The van der Waals surface area contributed by atoms with E-state index in [0.717, 1.165) is 6.07 Å². The molecular formula is C13H11FN4O3. The Morgan fingerprint density at radius 1 is 1.10 bits per heavy atom. The molecule has 0 saturated carbocycles. The molecule has 0 fully saturated rings. The van der Waals surface area contributed by atoms with Crippen molar-refractivity contribution in [3.8, 4) is 0 Å². The van der Waals surface area contributed by atoms with Gasteiger partial charge in [0.25, 0.3) is 5.69 Å². The normalized spacial score (nSPS) is 9.95. The zero-order valence-corrected chi connectivity index (χ0v) is 10.7. The highest BCUT2D eigenvalue weighted by Gasteiger charge is 2.07. The Morgan fingerprint density at radius 2 is 1.67 bits per heavy atom. The van der Waals surface area contributed by atoms with E-state index < -0.39 is 16.8 Å². The number of nitro benzene ring substituents is 1. The van der Waals surface area contributed by atoms with Crippen molar-refractivity contribution in [1.29, 1.82) is 0 Å². The lowest BCUT2D eigenvalue weighted by Crippen LogP contribution is -2.19. The van der Waals surface area contributed by atoms with Gasteiger partial charge in [-0.2, -0.15) is 0 Å². The summed E-state index contributed by atoms with van der Waals surface area (Å²) in [5.41, 5.74) is 5.94. The van der Waals surface area contributed by atoms with Crippen LogP contribution in [0.4, 0.5) is 31.9 Å². The number of amides is 2. The summed E-state index contributed by atoms with van der Waals surface area (Å²) in [5.74, 6) is -0.573. The lowest BCUT2D eigenvalue weighted by Gasteiger charge is -2.08. The third-order valence-electron chi connectivity index (χ3n) is 2.59. The number of nitrogens with zero attached hydrogens (tertiary/aromatic N) is 1. The smallest absolute Gasteiger partial charge is 0.323 e. The third kappa shape index (κ3) is 3.66. The number of hydrogen-bond acceptors (Lipinski definition) is 4. The molecule has 0 bridgehead atoms. The van der Waals surface area contributed by atoms with Crippen LogP contribution in [0.15, 0.2) is 42.5 Å². The lowest BCUT2D eigenvalue weighted by atomic mass is 10.2. The van der Waals surface area contributed by atoms with E-state index in [1.54, 1.807) is 0 Å². The maximum Gasteiger partial charge on any atom is 0.323 e. The average molecular weight is 290 g/mol. The number of nitrogen functional groups attached to an aromatic ring is 1. The Balaban J connectivity index is 2.01. The molecule has 0 spiro atoms. The van der Waals surface area contributed by atoms with E-state index in [1.807, 2.05) is 0 Å². The fraction of sp³-hybridized carbons (Fsp3) is 0. The first-order valence-corrected chi connectivity index (χ1v) is 5.83. The van der Waals surface area contributed by atoms with Gasteiger partial charge in [-0.15, -0.1) is 0 Å². The molecule has 7 nitrogen and oxygen atoms in total. The Morgan fingerprint density at radius 3 is 2.24 bits per heavy atom. The number of rotatable bonds is 3. The van der Waals surface area contributed by atoms with Crippen molar-refractivity contribution in [1.82, 2.24) is 0 Å². The summed E-state index contributed by atoms with van der Waals surface area (Å²) >= 11 is 0. The van der Waals surface area contributed by atoms with Crippen LogP contribution < -0.4 is 16.4 Å². The predicted molar refractivity (Wildman–Crippen MR) is 76.6 cm³/mol. The number of benzene rings is 2. The predicted octanol–water partition coefficient (Wildman–Crippen LogP) is 2.96. The zero-order valence-electron chi connectivity index (χ0n) is 10.7. The topological polar surface area (TPSA) is 110 Å². The summed E-state index contributed by atoms with van der Waals surface area (Å²) < 4.78 is 13.0. The number of nitrogens with one attached hydrogen (secondary N) is 2. The Labute approximate surface area is 118 Å². The van der Waals surface area contributed by atoms with Gasteiger partial charge in [-0.05, 0) is 30.3 Å². The van der Waals surface area contributed by atoms with Crippen LogP contribution in [-0.4, -0.2) is 11.0 Å². The molecule has 4 N–H and O–H groups in total. The van der Waals surface area contributed by atoms with Crippen LogP contribution in [0.25, 0.3) is 0 Å². The highest BCUT2D eigenvalue weighted by atomic mass is 19.1. The molecule has 0 radical (unpaired) electrons. The number of halogens is 1. The van der Waals surface area contributed by atoms with Crippen molar-refractivity contribution >= 4 is 28.8 Å². The lowest BCUT2D eigenvalue weighted by molar-refractivity contribution is -0.384. The number of non-ortho nitro benzene ring substituents is 1. The molecular weight excluding hydrogens is 279 g/mol. The van der Waals surface area contributed by atoms with E-state index >= 15 is 0 Å².